The number of benzene rings is 1. The van der Waals surface area contributed by atoms with Crippen molar-refractivity contribution in [3.63, 3.8) is 0 Å². The van der Waals surface area contributed by atoms with Gasteiger partial charge in [0.25, 0.3) is 0 Å². The van der Waals surface area contributed by atoms with Gasteiger partial charge in [-0.1, -0.05) is 36.4 Å². The van der Waals surface area contributed by atoms with Crippen molar-refractivity contribution in [2.75, 3.05) is 6.61 Å². The second kappa shape index (κ2) is 7.96. The number of allylic oxidation sites excluding steroid dienone is 2. The number of para-hydroxylation sites is 1. The Morgan fingerprint density at radius 2 is 2.08 bits per heavy atom. The van der Waals surface area contributed by atoms with Crippen LogP contribution in [0.25, 0.3) is 0 Å². The van der Waals surface area contributed by atoms with Gasteiger partial charge in [-0.25, -0.2) is 4.79 Å². The molecule has 0 saturated carbocycles. The quantitative estimate of drug-likeness (QED) is 0.588. The fraction of sp³-hybridized carbons (Fsp3) is 0.421. The van der Waals surface area contributed by atoms with E-state index >= 15 is 0 Å². The van der Waals surface area contributed by atoms with E-state index in [0.717, 1.165) is 12.8 Å². The van der Waals surface area contributed by atoms with E-state index in [0.29, 0.717) is 41.5 Å². The second-order valence-electron chi connectivity index (χ2n) is 6.29. The van der Waals surface area contributed by atoms with Crippen molar-refractivity contribution in [1.82, 2.24) is 10.1 Å². The molecule has 2 aromatic rings. The van der Waals surface area contributed by atoms with E-state index in [1.54, 1.807) is 25.1 Å². The maximum absolute atomic E-state index is 12.5. The van der Waals surface area contributed by atoms with E-state index < -0.39 is 0 Å². The lowest BCUT2D eigenvalue weighted by Crippen LogP contribution is -2.22. The molecule has 0 amide bonds. The standard InChI is InChI=1S/C19H22N2O4/c1-13-7-3-4-8-15(13)11-24-19(22)16-9-5-6-10-17(16)23-12-18-20-14(2)25-21-18/h3-6,9-10,13,15H,7-8,11-12H2,1-2H3. The Balaban J connectivity index is 1.61. The predicted molar refractivity (Wildman–Crippen MR) is 91.1 cm³/mol. The first kappa shape index (κ1) is 17.2. The van der Waals surface area contributed by atoms with Gasteiger partial charge in [-0.05, 0) is 36.8 Å². The van der Waals surface area contributed by atoms with Crippen LogP contribution in [-0.4, -0.2) is 22.7 Å². The number of rotatable bonds is 6. The number of hydrogen-bond donors (Lipinski definition) is 0. The lowest BCUT2D eigenvalue weighted by Gasteiger charge is -2.24. The molecular weight excluding hydrogens is 320 g/mol. The van der Waals surface area contributed by atoms with E-state index in [4.69, 9.17) is 14.0 Å². The molecule has 0 saturated heterocycles. The van der Waals surface area contributed by atoms with Gasteiger partial charge >= 0.3 is 5.97 Å². The van der Waals surface area contributed by atoms with Gasteiger partial charge in [0.2, 0.25) is 11.7 Å². The number of nitrogens with zero attached hydrogens (tertiary/aromatic N) is 2. The zero-order valence-corrected chi connectivity index (χ0v) is 14.5. The highest BCUT2D eigenvalue weighted by Crippen LogP contribution is 2.26. The minimum Gasteiger partial charge on any atom is -0.485 e. The molecule has 1 aromatic heterocycles. The van der Waals surface area contributed by atoms with Gasteiger partial charge in [0.05, 0.1) is 6.61 Å². The van der Waals surface area contributed by atoms with E-state index in [-0.39, 0.29) is 12.6 Å². The van der Waals surface area contributed by atoms with Crippen molar-refractivity contribution in [3.8, 4) is 5.75 Å². The fourth-order valence-corrected chi connectivity index (χ4v) is 2.80. The monoisotopic (exact) mass is 342 g/mol. The average molecular weight is 342 g/mol. The van der Waals surface area contributed by atoms with Crippen LogP contribution in [0.1, 0.15) is 41.8 Å². The van der Waals surface area contributed by atoms with Gasteiger partial charge in [-0.3, -0.25) is 0 Å². The normalized spacial score (nSPS) is 19.6. The Morgan fingerprint density at radius 1 is 1.28 bits per heavy atom. The Kier molecular flexibility index (Phi) is 5.48. The van der Waals surface area contributed by atoms with E-state index in [1.165, 1.54) is 0 Å². The highest BCUT2D eigenvalue weighted by atomic mass is 16.5. The molecule has 1 aliphatic rings. The summed E-state index contributed by atoms with van der Waals surface area (Å²) >= 11 is 0. The van der Waals surface area contributed by atoms with Crippen molar-refractivity contribution in [2.24, 2.45) is 11.8 Å². The zero-order chi connectivity index (χ0) is 17.6. The first-order valence-corrected chi connectivity index (χ1v) is 8.46. The van der Waals surface area contributed by atoms with Crippen LogP contribution in [0.5, 0.6) is 5.75 Å². The van der Waals surface area contributed by atoms with E-state index in [1.807, 2.05) is 6.07 Å². The summed E-state index contributed by atoms with van der Waals surface area (Å²) < 4.78 is 16.1. The van der Waals surface area contributed by atoms with Gasteiger partial charge in [-0.2, -0.15) is 4.98 Å². The molecule has 0 radical (unpaired) electrons. The molecule has 0 bridgehead atoms. The summed E-state index contributed by atoms with van der Waals surface area (Å²) in [5, 5.41) is 3.78. The molecule has 1 aliphatic carbocycles. The van der Waals surface area contributed by atoms with Crippen molar-refractivity contribution >= 4 is 5.97 Å². The summed E-state index contributed by atoms with van der Waals surface area (Å²) in [6, 6.07) is 7.02. The third-order valence-corrected chi connectivity index (χ3v) is 4.38. The lowest BCUT2D eigenvalue weighted by atomic mass is 9.85. The number of aryl methyl sites for hydroxylation is 1. The minimum absolute atomic E-state index is 0.131. The highest BCUT2D eigenvalue weighted by Gasteiger charge is 2.21. The van der Waals surface area contributed by atoms with Crippen molar-refractivity contribution in [3.05, 3.63) is 53.7 Å². The third kappa shape index (κ3) is 4.47. The Hall–Kier alpha value is -2.63. The SMILES string of the molecule is Cc1nc(COc2ccccc2C(=O)OCC2CC=CCC2C)no1. The minimum atomic E-state index is -0.373. The summed E-state index contributed by atoms with van der Waals surface area (Å²) in [7, 11) is 0. The fourth-order valence-electron chi connectivity index (χ4n) is 2.80. The number of carbonyl (C=O) groups excluding carboxylic acids is 1. The third-order valence-electron chi connectivity index (χ3n) is 4.38. The smallest absolute Gasteiger partial charge is 0.341 e. The van der Waals surface area contributed by atoms with Crippen LogP contribution in [0.15, 0.2) is 40.9 Å². The molecule has 6 heteroatoms. The molecule has 3 rings (SSSR count). The Morgan fingerprint density at radius 3 is 2.84 bits per heavy atom. The number of esters is 1. The van der Waals surface area contributed by atoms with Crippen LogP contribution < -0.4 is 4.74 Å². The van der Waals surface area contributed by atoms with Gasteiger partial charge < -0.3 is 14.0 Å². The van der Waals surface area contributed by atoms with Gasteiger partial charge in [-0.15, -0.1) is 0 Å². The number of aromatic nitrogens is 2. The first-order valence-electron chi connectivity index (χ1n) is 8.46. The summed E-state index contributed by atoms with van der Waals surface area (Å²) in [5.74, 6) is 1.87. The van der Waals surface area contributed by atoms with Crippen LogP contribution in [0.2, 0.25) is 0 Å². The average Bonchev–Trinajstić information content (AvgIpc) is 3.04. The van der Waals surface area contributed by atoms with Gasteiger partial charge in [0.1, 0.15) is 11.3 Å². The molecule has 2 atom stereocenters. The molecule has 1 heterocycles. The summed E-state index contributed by atoms with van der Waals surface area (Å²) in [5.41, 5.74) is 0.404. The maximum atomic E-state index is 12.5. The highest BCUT2D eigenvalue weighted by molar-refractivity contribution is 5.92. The van der Waals surface area contributed by atoms with Gasteiger partial charge in [0.15, 0.2) is 6.61 Å². The molecule has 0 aliphatic heterocycles. The Bertz CT molecular complexity index is 753. The van der Waals surface area contributed by atoms with Crippen molar-refractivity contribution in [1.29, 1.82) is 0 Å². The first-order chi connectivity index (χ1) is 12.1. The second-order valence-corrected chi connectivity index (χ2v) is 6.29. The molecule has 0 fully saturated rings. The van der Waals surface area contributed by atoms with E-state index in [9.17, 15) is 4.79 Å². The molecule has 132 valence electrons. The van der Waals surface area contributed by atoms with Crippen LogP contribution in [0.4, 0.5) is 0 Å². The summed E-state index contributed by atoms with van der Waals surface area (Å²) in [6.45, 7) is 4.45. The predicted octanol–water partition coefficient (Wildman–Crippen LogP) is 3.72. The van der Waals surface area contributed by atoms with Crippen LogP contribution >= 0.6 is 0 Å². The number of ether oxygens (including phenoxy) is 2. The van der Waals surface area contributed by atoms with Crippen LogP contribution in [0.3, 0.4) is 0 Å². The summed E-state index contributed by atoms with van der Waals surface area (Å²) in [4.78, 5) is 16.5. The number of hydrogen-bond acceptors (Lipinski definition) is 6. The molecule has 0 N–H and O–H groups in total. The zero-order valence-electron chi connectivity index (χ0n) is 14.5. The van der Waals surface area contributed by atoms with E-state index in [2.05, 4.69) is 29.2 Å². The molecule has 1 aromatic carbocycles. The lowest BCUT2D eigenvalue weighted by molar-refractivity contribution is 0.0390. The van der Waals surface area contributed by atoms with Crippen LogP contribution in [-0.2, 0) is 11.3 Å². The molecule has 2 unspecified atom stereocenters. The maximum Gasteiger partial charge on any atom is 0.341 e. The molecule has 25 heavy (non-hydrogen) atoms. The van der Waals surface area contributed by atoms with Crippen LogP contribution in [0, 0.1) is 18.8 Å². The largest absolute Gasteiger partial charge is 0.485 e. The van der Waals surface area contributed by atoms with Gasteiger partial charge in [0, 0.05) is 6.92 Å². The number of carbonyl (C=O) groups is 1. The summed E-state index contributed by atoms with van der Waals surface area (Å²) in [6.07, 6.45) is 6.32. The Labute approximate surface area is 146 Å². The van der Waals surface area contributed by atoms with Crippen molar-refractivity contribution in [2.45, 2.75) is 33.3 Å². The molecule has 0 spiro atoms. The topological polar surface area (TPSA) is 74.5 Å². The van der Waals surface area contributed by atoms with Crippen molar-refractivity contribution < 1.29 is 18.8 Å². The molecule has 6 nitrogen and oxygen atoms in total. The molecular formula is C19H22N2O4.